The SMILES string of the molecule is CNc1ccccc1-n1ccnn1. The Morgan fingerprint density at radius 2 is 2.15 bits per heavy atom. The first-order valence-corrected chi connectivity index (χ1v) is 4.05. The number of hydrogen-bond acceptors (Lipinski definition) is 3. The summed E-state index contributed by atoms with van der Waals surface area (Å²) in [7, 11) is 1.88. The van der Waals surface area contributed by atoms with E-state index in [0.717, 1.165) is 11.4 Å². The molecule has 0 spiro atoms. The summed E-state index contributed by atoms with van der Waals surface area (Å²) >= 11 is 0. The maximum absolute atomic E-state index is 3.92. The molecule has 0 aliphatic heterocycles. The molecule has 0 fully saturated rings. The number of benzene rings is 1. The van der Waals surface area contributed by atoms with E-state index in [1.54, 1.807) is 10.9 Å². The Bertz CT molecular complexity index is 380. The van der Waals surface area contributed by atoms with E-state index in [-0.39, 0.29) is 0 Å². The second kappa shape index (κ2) is 3.26. The lowest BCUT2D eigenvalue weighted by molar-refractivity contribution is 0.804. The van der Waals surface area contributed by atoms with Crippen molar-refractivity contribution < 1.29 is 0 Å². The molecule has 2 aromatic rings. The van der Waals surface area contributed by atoms with Crippen LogP contribution in [0.5, 0.6) is 0 Å². The molecule has 4 nitrogen and oxygen atoms in total. The van der Waals surface area contributed by atoms with Gasteiger partial charge in [-0.1, -0.05) is 17.3 Å². The molecule has 0 radical (unpaired) electrons. The standard InChI is InChI=1S/C9H10N4/c1-10-8-4-2-3-5-9(8)13-7-6-11-12-13/h2-7,10H,1H3. The van der Waals surface area contributed by atoms with Crippen molar-refractivity contribution in [1.82, 2.24) is 15.0 Å². The molecule has 0 aliphatic carbocycles. The highest BCUT2D eigenvalue weighted by Gasteiger charge is 2.01. The Morgan fingerprint density at radius 3 is 2.85 bits per heavy atom. The van der Waals surface area contributed by atoms with Crippen molar-refractivity contribution in [2.24, 2.45) is 0 Å². The van der Waals surface area contributed by atoms with Crippen LogP contribution in [-0.2, 0) is 0 Å². The van der Waals surface area contributed by atoms with E-state index >= 15 is 0 Å². The minimum atomic E-state index is 1.00. The highest BCUT2D eigenvalue weighted by atomic mass is 15.4. The minimum Gasteiger partial charge on any atom is -0.386 e. The lowest BCUT2D eigenvalue weighted by atomic mass is 10.2. The smallest absolute Gasteiger partial charge is 0.0894 e. The van der Waals surface area contributed by atoms with Crippen LogP contribution in [0.3, 0.4) is 0 Å². The molecule has 0 amide bonds. The number of anilines is 1. The van der Waals surface area contributed by atoms with Crippen molar-refractivity contribution in [3.8, 4) is 5.69 Å². The Balaban J connectivity index is 2.51. The monoisotopic (exact) mass is 174 g/mol. The predicted octanol–water partition coefficient (Wildman–Crippen LogP) is 1.31. The van der Waals surface area contributed by atoms with Gasteiger partial charge in [0.2, 0.25) is 0 Å². The van der Waals surface area contributed by atoms with Gasteiger partial charge in [-0.2, -0.15) is 0 Å². The zero-order valence-corrected chi connectivity index (χ0v) is 7.31. The van der Waals surface area contributed by atoms with Crippen molar-refractivity contribution in [2.75, 3.05) is 12.4 Å². The molecule has 1 N–H and O–H groups in total. The molecular weight excluding hydrogens is 164 g/mol. The summed E-state index contributed by atoms with van der Waals surface area (Å²) in [4.78, 5) is 0. The molecule has 66 valence electrons. The van der Waals surface area contributed by atoms with E-state index in [1.165, 1.54) is 0 Å². The van der Waals surface area contributed by atoms with Crippen LogP contribution in [0.2, 0.25) is 0 Å². The molecule has 4 heteroatoms. The summed E-state index contributed by atoms with van der Waals surface area (Å²) in [5, 5.41) is 10.8. The number of nitrogens with zero attached hydrogens (tertiary/aromatic N) is 3. The van der Waals surface area contributed by atoms with Gasteiger partial charge in [0, 0.05) is 7.05 Å². The van der Waals surface area contributed by atoms with E-state index in [9.17, 15) is 0 Å². The Kier molecular flexibility index (Phi) is 1.96. The number of para-hydroxylation sites is 2. The third-order valence-corrected chi connectivity index (χ3v) is 1.84. The number of aromatic nitrogens is 3. The fraction of sp³-hybridized carbons (Fsp3) is 0.111. The normalized spacial score (nSPS) is 9.92. The summed E-state index contributed by atoms with van der Waals surface area (Å²) in [5.74, 6) is 0. The zero-order valence-electron chi connectivity index (χ0n) is 7.31. The molecule has 0 atom stereocenters. The molecule has 0 unspecified atom stereocenters. The first kappa shape index (κ1) is 7.79. The fourth-order valence-electron chi connectivity index (χ4n) is 1.22. The summed E-state index contributed by atoms with van der Waals surface area (Å²) in [5.41, 5.74) is 2.04. The van der Waals surface area contributed by atoms with Crippen LogP contribution in [0.1, 0.15) is 0 Å². The van der Waals surface area contributed by atoms with Gasteiger partial charge in [0.25, 0.3) is 0 Å². The molecule has 0 aliphatic rings. The quantitative estimate of drug-likeness (QED) is 0.746. The maximum Gasteiger partial charge on any atom is 0.0894 e. The van der Waals surface area contributed by atoms with Gasteiger partial charge in [-0.3, -0.25) is 0 Å². The molecule has 2 rings (SSSR count). The van der Waals surface area contributed by atoms with E-state index < -0.39 is 0 Å². The van der Waals surface area contributed by atoms with Gasteiger partial charge in [-0.05, 0) is 12.1 Å². The van der Waals surface area contributed by atoms with E-state index in [1.807, 2.05) is 37.5 Å². The van der Waals surface area contributed by atoms with Gasteiger partial charge in [0.15, 0.2) is 0 Å². The zero-order chi connectivity index (χ0) is 9.10. The highest BCUT2D eigenvalue weighted by Crippen LogP contribution is 2.17. The Labute approximate surface area is 76.2 Å². The van der Waals surface area contributed by atoms with Crippen LogP contribution in [0.4, 0.5) is 5.69 Å². The fourth-order valence-corrected chi connectivity index (χ4v) is 1.22. The third kappa shape index (κ3) is 1.38. The van der Waals surface area contributed by atoms with Gasteiger partial charge >= 0.3 is 0 Å². The lowest BCUT2D eigenvalue weighted by Crippen LogP contribution is -2.00. The van der Waals surface area contributed by atoms with Crippen LogP contribution in [0.25, 0.3) is 5.69 Å². The molecule has 1 aromatic heterocycles. The highest BCUT2D eigenvalue weighted by molar-refractivity contribution is 5.59. The number of hydrogen-bond donors (Lipinski definition) is 1. The van der Waals surface area contributed by atoms with Gasteiger partial charge in [0.1, 0.15) is 0 Å². The van der Waals surface area contributed by atoms with Gasteiger partial charge in [-0.25, -0.2) is 4.68 Å². The average molecular weight is 174 g/mol. The van der Waals surface area contributed by atoms with Crippen LogP contribution >= 0.6 is 0 Å². The molecule has 1 aromatic carbocycles. The van der Waals surface area contributed by atoms with Gasteiger partial charge in [-0.15, -0.1) is 5.10 Å². The largest absolute Gasteiger partial charge is 0.386 e. The van der Waals surface area contributed by atoms with E-state index in [4.69, 9.17) is 0 Å². The Morgan fingerprint density at radius 1 is 1.31 bits per heavy atom. The number of nitrogens with one attached hydrogen (secondary N) is 1. The topological polar surface area (TPSA) is 42.7 Å². The molecule has 13 heavy (non-hydrogen) atoms. The first-order valence-electron chi connectivity index (χ1n) is 4.05. The third-order valence-electron chi connectivity index (χ3n) is 1.84. The molecular formula is C9H10N4. The molecule has 1 heterocycles. The van der Waals surface area contributed by atoms with E-state index in [2.05, 4.69) is 15.6 Å². The van der Waals surface area contributed by atoms with Crippen molar-refractivity contribution >= 4 is 5.69 Å². The van der Waals surface area contributed by atoms with Crippen LogP contribution < -0.4 is 5.32 Å². The maximum atomic E-state index is 3.92. The van der Waals surface area contributed by atoms with Crippen molar-refractivity contribution in [3.63, 3.8) is 0 Å². The van der Waals surface area contributed by atoms with Gasteiger partial charge < -0.3 is 5.32 Å². The summed E-state index contributed by atoms with van der Waals surface area (Å²) < 4.78 is 1.73. The van der Waals surface area contributed by atoms with Crippen molar-refractivity contribution in [2.45, 2.75) is 0 Å². The Hall–Kier alpha value is -1.84. The second-order valence-corrected chi connectivity index (χ2v) is 2.61. The molecule has 0 saturated carbocycles. The predicted molar refractivity (Wildman–Crippen MR) is 50.9 cm³/mol. The minimum absolute atomic E-state index is 1.00. The number of rotatable bonds is 2. The first-order chi connectivity index (χ1) is 6.42. The van der Waals surface area contributed by atoms with Gasteiger partial charge in [0.05, 0.1) is 23.8 Å². The van der Waals surface area contributed by atoms with Crippen LogP contribution in [0.15, 0.2) is 36.7 Å². The molecule has 0 saturated heterocycles. The summed E-state index contributed by atoms with van der Waals surface area (Å²) in [6.07, 6.45) is 3.47. The van der Waals surface area contributed by atoms with Crippen molar-refractivity contribution in [3.05, 3.63) is 36.7 Å². The van der Waals surface area contributed by atoms with Crippen molar-refractivity contribution in [1.29, 1.82) is 0 Å². The van der Waals surface area contributed by atoms with Crippen LogP contribution in [0, 0.1) is 0 Å². The summed E-state index contributed by atoms with van der Waals surface area (Å²) in [6.45, 7) is 0. The average Bonchev–Trinajstić information content (AvgIpc) is 2.70. The van der Waals surface area contributed by atoms with E-state index in [0.29, 0.717) is 0 Å². The summed E-state index contributed by atoms with van der Waals surface area (Å²) in [6, 6.07) is 7.93. The second-order valence-electron chi connectivity index (χ2n) is 2.61. The van der Waals surface area contributed by atoms with Crippen LogP contribution in [-0.4, -0.2) is 22.0 Å². The molecule has 0 bridgehead atoms. The lowest BCUT2D eigenvalue weighted by Gasteiger charge is -2.06.